The molecule has 1 aliphatic rings. The first-order valence-corrected chi connectivity index (χ1v) is 6.63. The van der Waals surface area contributed by atoms with Gasteiger partial charge in [-0.15, -0.1) is 11.6 Å². The van der Waals surface area contributed by atoms with Crippen LogP contribution in [0.2, 0.25) is 0 Å². The van der Waals surface area contributed by atoms with Gasteiger partial charge in [-0.1, -0.05) is 6.07 Å². The molecule has 0 N–H and O–H groups in total. The Bertz CT molecular complexity index is 563. The third-order valence-electron chi connectivity index (χ3n) is 3.32. The average molecular weight is 269 g/mol. The second-order valence-corrected chi connectivity index (χ2v) is 4.84. The molecule has 0 bridgehead atoms. The van der Waals surface area contributed by atoms with Crippen molar-refractivity contribution in [3.05, 3.63) is 29.8 Å². The van der Waals surface area contributed by atoms with Crippen LogP contribution in [0.4, 0.5) is 4.39 Å². The summed E-state index contributed by atoms with van der Waals surface area (Å²) in [7, 11) is 0. The van der Waals surface area contributed by atoms with E-state index in [2.05, 4.69) is 4.98 Å². The van der Waals surface area contributed by atoms with Crippen molar-refractivity contribution >= 4 is 22.6 Å². The Hall–Kier alpha value is -1.13. The number of ether oxygens (including phenoxy) is 1. The molecule has 1 aliphatic heterocycles. The fourth-order valence-electron chi connectivity index (χ4n) is 2.53. The lowest BCUT2D eigenvalue weighted by atomic mass is 10.2. The number of benzene rings is 1. The molecule has 0 radical (unpaired) electrons. The molecule has 1 atom stereocenters. The largest absolute Gasteiger partial charge is 0.379 e. The summed E-state index contributed by atoms with van der Waals surface area (Å²) in [6, 6.07) is 5.17. The number of nitrogens with zero attached hydrogens (tertiary/aromatic N) is 2. The molecular formula is C13H14ClFN2O. The van der Waals surface area contributed by atoms with Crippen molar-refractivity contribution in [1.29, 1.82) is 0 Å². The standard InChI is InChI=1S/C13H14ClFN2O/c14-6-4-12-16-11-3-1-2-10(15)13(11)17(12)9-5-7-18-8-9/h1-3,9H,4-8H2. The van der Waals surface area contributed by atoms with E-state index in [9.17, 15) is 4.39 Å². The fraction of sp³-hybridized carbons (Fsp3) is 0.462. The molecule has 1 saturated heterocycles. The highest BCUT2D eigenvalue weighted by Gasteiger charge is 2.24. The first-order chi connectivity index (χ1) is 8.81. The molecule has 1 unspecified atom stereocenters. The third-order valence-corrected chi connectivity index (χ3v) is 3.51. The Balaban J connectivity index is 2.19. The number of imidazole rings is 1. The van der Waals surface area contributed by atoms with Crippen molar-refractivity contribution in [1.82, 2.24) is 9.55 Å². The van der Waals surface area contributed by atoms with Crippen LogP contribution in [0, 0.1) is 5.82 Å². The van der Waals surface area contributed by atoms with E-state index in [4.69, 9.17) is 16.3 Å². The maximum atomic E-state index is 14.0. The molecule has 2 heterocycles. The van der Waals surface area contributed by atoms with Crippen LogP contribution in [0.3, 0.4) is 0 Å². The Kier molecular flexibility index (Phi) is 3.22. The summed E-state index contributed by atoms with van der Waals surface area (Å²) >= 11 is 5.80. The zero-order valence-corrected chi connectivity index (χ0v) is 10.7. The minimum absolute atomic E-state index is 0.171. The SMILES string of the molecule is Fc1cccc2nc(CCCl)n(C3CCOC3)c12. The molecule has 0 amide bonds. The Morgan fingerprint density at radius 3 is 3.11 bits per heavy atom. The van der Waals surface area contributed by atoms with Crippen molar-refractivity contribution < 1.29 is 9.13 Å². The number of rotatable bonds is 3. The van der Waals surface area contributed by atoms with Gasteiger partial charge in [-0.05, 0) is 18.6 Å². The lowest BCUT2D eigenvalue weighted by Gasteiger charge is -2.14. The zero-order chi connectivity index (χ0) is 12.5. The molecule has 2 aromatic rings. The lowest BCUT2D eigenvalue weighted by Crippen LogP contribution is -2.13. The number of alkyl halides is 1. The number of hydrogen-bond acceptors (Lipinski definition) is 2. The zero-order valence-electron chi connectivity index (χ0n) is 9.90. The van der Waals surface area contributed by atoms with E-state index < -0.39 is 0 Å². The van der Waals surface area contributed by atoms with Crippen LogP contribution >= 0.6 is 11.6 Å². The second kappa shape index (κ2) is 4.86. The van der Waals surface area contributed by atoms with Gasteiger partial charge in [0, 0.05) is 18.9 Å². The second-order valence-electron chi connectivity index (χ2n) is 4.46. The maximum absolute atomic E-state index is 14.0. The highest BCUT2D eigenvalue weighted by molar-refractivity contribution is 6.17. The van der Waals surface area contributed by atoms with Gasteiger partial charge in [0.1, 0.15) is 17.2 Å². The van der Waals surface area contributed by atoms with Crippen LogP contribution in [0.1, 0.15) is 18.3 Å². The van der Waals surface area contributed by atoms with Crippen molar-refractivity contribution in [2.45, 2.75) is 18.9 Å². The van der Waals surface area contributed by atoms with Crippen LogP contribution in [0.25, 0.3) is 11.0 Å². The van der Waals surface area contributed by atoms with E-state index in [0.29, 0.717) is 29.9 Å². The maximum Gasteiger partial charge on any atom is 0.149 e. The van der Waals surface area contributed by atoms with Crippen LogP contribution in [-0.4, -0.2) is 28.6 Å². The minimum Gasteiger partial charge on any atom is -0.379 e. The minimum atomic E-state index is -0.229. The van der Waals surface area contributed by atoms with Gasteiger partial charge in [0.2, 0.25) is 0 Å². The molecule has 5 heteroatoms. The summed E-state index contributed by atoms with van der Waals surface area (Å²) in [5.74, 6) is 1.10. The van der Waals surface area contributed by atoms with E-state index in [-0.39, 0.29) is 11.9 Å². The monoisotopic (exact) mass is 268 g/mol. The van der Waals surface area contributed by atoms with Gasteiger partial charge in [-0.25, -0.2) is 9.37 Å². The number of para-hydroxylation sites is 1. The number of aromatic nitrogens is 2. The number of hydrogen-bond donors (Lipinski definition) is 0. The first-order valence-electron chi connectivity index (χ1n) is 6.10. The quantitative estimate of drug-likeness (QED) is 0.801. The van der Waals surface area contributed by atoms with Gasteiger partial charge in [-0.3, -0.25) is 0 Å². The predicted octanol–water partition coefficient (Wildman–Crippen LogP) is 2.92. The molecule has 0 aliphatic carbocycles. The van der Waals surface area contributed by atoms with Crippen molar-refractivity contribution in [3.63, 3.8) is 0 Å². The topological polar surface area (TPSA) is 27.1 Å². The molecule has 1 aromatic heterocycles. The van der Waals surface area contributed by atoms with Gasteiger partial charge in [0.25, 0.3) is 0 Å². The lowest BCUT2D eigenvalue weighted by molar-refractivity contribution is 0.186. The van der Waals surface area contributed by atoms with Gasteiger partial charge >= 0.3 is 0 Å². The van der Waals surface area contributed by atoms with Crippen LogP contribution in [0.15, 0.2) is 18.2 Å². The molecule has 0 saturated carbocycles. The molecule has 18 heavy (non-hydrogen) atoms. The van der Waals surface area contributed by atoms with Crippen LogP contribution in [-0.2, 0) is 11.2 Å². The van der Waals surface area contributed by atoms with Crippen molar-refractivity contribution in [3.8, 4) is 0 Å². The Morgan fingerprint density at radius 2 is 2.39 bits per heavy atom. The van der Waals surface area contributed by atoms with Gasteiger partial charge in [0.15, 0.2) is 0 Å². The number of aryl methyl sites for hydroxylation is 1. The molecule has 3 nitrogen and oxygen atoms in total. The molecule has 3 rings (SSSR count). The fourth-order valence-corrected chi connectivity index (χ4v) is 2.70. The highest BCUT2D eigenvalue weighted by atomic mass is 35.5. The predicted molar refractivity (Wildman–Crippen MR) is 68.6 cm³/mol. The van der Waals surface area contributed by atoms with Crippen LogP contribution < -0.4 is 0 Å². The number of halogens is 2. The van der Waals surface area contributed by atoms with Crippen molar-refractivity contribution in [2.24, 2.45) is 0 Å². The van der Waals surface area contributed by atoms with E-state index >= 15 is 0 Å². The Labute approximate surface area is 110 Å². The highest BCUT2D eigenvalue weighted by Crippen LogP contribution is 2.28. The van der Waals surface area contributed by atoms with Crippen molar-refractivity contribution in [2.75, 3.05) is 19.1 Å². The van der Waals surface area contributed by atoms with Gasteiger partial charge in [0.05, 0.1) is 18.2 Å². The molecular weight excluding hydrogens is 255 g/mol. The number of fused-ring (bicyclic) bond motifs is 1. The van der Waals surface area contributed by atoms with Gasteiger partial charge in [-0.2, -0.15) is 0 Å². The molecule has 0 spiro atoms. The Morgan fingerprint density at radius 1 is 1.50 bits per heavy atom. The summed E-state index contributed by atoms with van der Waals surface area (Å²) in [6.07, 6.45) is 1.54. The summed E-state index contributed by atoms with van der Waals surface area (Å²) in [4.78, 5) is 4.49. The first kappa shape index (κ1) is 11.9. The molecule has 1 aromatic carbocycles. The van der Waals surface area contributed by atoms with E-state index in [1.807, 2.05) is 10.6 Å². The normalized spacial score (nSPS) is 19.8. The van der Waals surface area contributed by atoms with Crippen LogP contribution in [0.5, 0.6) is 0 Å². The summed E-state index contributed by atoms with van der Waals surface area (Å²) in [5, 5.41) is 0. The van der Waals surface area contributed by atoms with E-state index in [0.717, 1.165) is 18.9 Å². The molecule has 1 fully saturated rings. The van der Waals surface area contributed by atoms with E-state index in [1.54, 1.807) is 6.07 Å². The summed E-state index contributed by atoms with van der Waals surface area (Å²) in [6.45, 7) is 1.34. The average Bonchev–Trinajstić information content (AvgIpc) is 2.96. The van der Waals surface area contributed by atoms with E-state index in [1.165, 1.54) is 6.07 Å². The van der Waals surface area contributed by atoms with Gasteiger partial charge < -0.3 is 9.30 Å². The third kappa shape index (κ3) is 1.89. The smallest absolute Gasteiger partial charge is 0.149 e. The molecule has 96 valence electrons. The summed E-state index contributed by atoms with van der Waals surface area (Å²) in [5.41, 5.74) is 1.27. The summed E-state index contributed by atoms with van der Waals surface area (Å²) < 4.78 is 21.4.